The van der Waals surface area contributed by atoms with E-state index in [1.807, 2.05) is 18.3 Å². The average molecular weight is 327 g/mol. The first-order chi connectivity index (χ1) is 9.16. The largest absolute Gasteiger partial charge is 0.381 e. The number of pyridine rings is 1. The molecular formula is C13H19BrN4O. The van der Waals surface area contributed by atoms with Crippen molar-refractivity contribution in [2.75, 3.05) is 25.1 Å². The van der Waals surface area contributed by atoms with Gasteiger partial charge >= 0.3 is 0 Å². The molecule has 0 aliphatic rings. The van der Waals surface area contributed by atoms with E-state index in [0.717, 1.165) is 36.3 Å². The maximum atomic E-state index is 5.52. The quantitative estimate of drug-likeness (QED) is 0.795. The molecule has 0 aliphatic heterocycles. The van der Waals surface area contributed by atoms with Gasteiger partial charge in [0, 0.05) is 26.0 Å². The number of hydrogen-bond donors (Lipinski definition) is 1. The molecule has 0 aromatic carbocycles. The third kappa shape index (κ3) is 4.18. The molecule has 0 saturated heterocycles. The van der Waals surface area contributed by atoms with Gasteiger partial charge in [0.15, 0.2) is 5.65 Å². The standard InChI is InChI=1S/C13H19BrN4O/c1-10(2)9-19-8-4-6-15-13-16-12-11(14)5-3-7-18(12)17-13/h3,5,7,10H,4,6,8-9H2,1-2H3,(H,15,17). The second-order valence-electron chi connectivity index (χ2n) is 4.81. The van der Waals surface area contributed by atoms with Crippen molar-refractivity contribution in [1.82, 2.24) is 14.6 Å². The molecule has 2 aromatic heterocycles. The highest BCUT2D eigenvalue weighted by molar-refractivity contribution is 9.10. The van der Waals surface area contributed by atoms with Gasteiger partial charge in [-0.1, -0.05) is 13.8 Å². The Morgan fingerprint density at radius 2 is 2.32 bits per heavy atom. The smallest absolute Gasteiger partial charge is 0.243 e. The summed E-state index contributed by atoms with van der Waals surface area (Å²) in [5.74, 6) is 1.24. The Morgan fingerprint density at radius 1 is 1.47 bits per heavy atom. The highest BCUT2D eigenvalue weighted by atomic mass is 79.9. The number of nitrogens with zero attached hydrogens (tertiary/aromatic N) is 3. The molecule has 2 heterocycles. The molecule has 0 bridgehead atoms. The van der Waals surface area contributed by atoms with E-state index in [4.69, 9.17) is 4.74 Å². The van der Waals surface area contributed by atoms with Crippen molar-refractivity contribution in [2.24, 2.45) is 5.92 Å². The van der Waals surface area contributed by atoms with Crippen LogP contribution in [0.5, 0.6) is 0 Å². The molecule has 0 atom stereocenters. The average Bonchev–Trinajstić information content (AvgIpc) is 2.78. The lowest BCUT2D eigenvalue weighted by molar-refractivity contribution is 0.110. The summed E-state index contributed by atoms with van der Waals surface area (Å²) in [5.41, 5.74) is 0.820. The van der Waals surface area contributed by atoms with Crippen LogP contribution in [0.2, 0.25) is 0 Å². The van der Waals surface area contributed by atoms with Crippen LogP contribution in [0.3, 0.4) is 0 Å². The summed E-state index contributed by atoms with van der Waals surface area (Å²) in [6.07, 6.45) is 2.83. The number of aromatic nitrogens is 3. The van der Waals surface area contributed by atoms with E-state index >= 15 is 0 Å². The first kappa shape index (κ1) is 14.3. The van der Waals surface area contributed by atoms with Gasteiger partial charge in [0.2, 0.25) is 5.95 Å². The topological polar surface area (TPSA) is 51.5 Å². The Morgan fingerprint density at radius 3 is 3.05 bits per heavy atom. The third-order valence-corrected chi connectivity index (χ3v) is 3.13. The van der Waals surface area contributed by atoms with Gasteiger partial charge in [0.1, 0.15) is 0 Å². The Bertz CT molecular complexity index is 526. The number of nitrogens with one attached hydrogen (secondary N) is 1. The molecule has 0 fully saturated rings. The van der Waals surface area contributed by atoms with Crippen LogP contribution in [0.15, 0.2) is 22.8 Å². The van der Waals surface area contributed by atoms with Crippen molar-refractivity contribution in [1.29, 1.82) is 0 Å². The summed E-state index contributed by atoms with van der Waals surface area (Å²) in [5, 5.41) is 7.55. The van der Waals surface area contributed by atoms with Crippen LogP contribution in [0, 0.1) is 5.92 Å². The normalized spacial score (nSPS) is 11.4. The molecule has 0 saturated carbocycles. The van der Waals surface area contributed by atoms with Gasteiger partial charge in [0.05, 0.1) is 4.47 Å². The van der Waals surface area contributed by atoms with Crippen LogP contribution >= 0.6 is 15.9 Å². The lowest BCUT2D eigenvalue weighted by atomic mass is 10.2. The first-order valence-corrected chi connectivity index (χ1v) is 7.28. The minimum atomic E-state index is 0.588. The molecule has 2 rings (SSSR count). The van der Waals surface area contributed by atoms with Gasteiger partial charge in [-0.3, -0.25) is 0 Å². The maximum absolute atomic E-state index is 5.52. The fraction of sp³-hybridized carbons (Fsp3) is 0.538. The molecule has 5 nitrogen and oxygen atoms in total. The van der Waals surface area contributed by atoms with Gasteiger partial charge in [-0.2, -0.15) is 4.98 Å². The van der Waals surface area contributed by atoms with Crippen molar-refractivity contribution < 1.29 is 4.74 Å². The Labute approximate surface area is 121 Å². The summed E-state index contributed by atoms with van der Waals surface area (Å²) < 4.78 is 8.21. The van der Waals surface area contributed by atoms with Crippen molar-refractivity contribution in [3.8, 4) is 0 Å². The molecule has 0 spiro atoms. The lowest BCUT2D eigenvalue weighted by Crippen LogP contribution is -2.09. The maximum Gasteiger partial charge on any atom is 0.243 e. The molecule has 19 heavy (non-hydrogen) atoms. The van der Waals surface area contributed by atoms with E-state index in [0.29, 0.717) is 11.9 Å². The predicted octanol–water partition coefficient (Wildman–Crippen LogP) is 2.97. The van der Waals surface area contributed by atoms with Crippen LogP contribution in [0.4, 0.5) is 5.95 Å². The van der Waals surface area contributed by atoms with Crippen LogP contribution in [-0.4, -0.2) is 34.4 Å². The molecule has 2 aromatic rings. The summed E-state index contributed by atoms with van der Waals surface area (Å²) >= 11 is 3.45. The third-order valence-electron chi connectivity index (χ3n) is 2.51. The zero-order chi connectivity index (χ0) is 13.7. The highest BCUT2D eigenvalue weighted by Gasteiger charge is 2.05. The Hall–Kier alpha value is -1.14. The van der Waals surface area contributed by atoms with Crippen LogP contribution in [-0.2, 0) is 4.74 Å². The van der Waals surface area contributed by atoms with E-state index in [2.05, 4.69) is 45.2 Å². The number of anilines is 1. The number of fused-ring (bicyclic) bond motifs is 1. The van der Waals surface area contributed by atoms with Gasteiger partial charge in [-0.15, -0.1) is 5.10 Å². The van der Waals surface area contributed by atoms with Gasteiger partial charge in [0.25, 0.3) is 0 Å². The minimum Gasteiger partial charge on any atom is -0.381 e. The minimum absolute atomic E-state index is 0.588. The number of hydrogen-bond acceptors (Lipinski definition) is 4. The zero-order valence-electron chi connectivity index (χ0n) is 11.3. The second-order valence-corrected chi connectivity index (χ2v) is 5.66. The molecule has 6 heteroatoms. The van der Waals surface area contributed by atoms with Crippen LogP contribution in [0.25, 0.3) is 5.65 Å². The lowest BCUT2D eigenvalue weighted by Gasteiger charge is -2.06. The van der Waals surface area contributed by atoms with Crippen molar-refractivity contribution in [2.45, 2.75) is 20.3 Å². The molecule has 0 amide bonds. The second kappa shape index (κ2) is 6.86. The summed E-state index contributed by atoms with van der Waals surface area (Å²) in [6, 6.07) is 3.88. The molecule has 104 valence electrons. The summed E-state index contributed by atoms with van der Waals surface area (Å²) in [6.45, 7) is 6.70. The monoisotopic (exact) mass is 326 g/mol. The predicted molar refractivity (Wildman–Crippen MR) is 79.5 cm³/mol. The zero-order valence-corrected chi connectivity index (χ0v) is 12.9. The molecule has 0 unspecified atom stereocenters. The van der Waals surface area contributed by atoms with Crippen molar-refractivity contribution >= 4 is 27.5 Å². The van der Waals surface area contributed by atoms with E-state index < -0.39 is 0 Å². The van der Waals surface area contributed by atoms with Crippen molar-refractivity contribution in [3.05, 3.63) is 22.8 Å². The van der Waals surface area contributed by atoms with E-state index in [1.54, 1.807) is 4.52 Å². The van der Waals surface area contributed by atoms with Crippen LogP contribution in [0.1, 0.15) is 20.3 Å². The Kier molecular flexibility index (Phi) is 5.15. The van der Waals surface area contributed by atoms with E-state index in [-0.39, 0.29) is 0 Å². The fourth-order valence-electron chi connectivity index (χ4n) is 1.64. The number of rotatable bonds is 7. The number of halogens is 1. The summed E-state index contributed by atoms with van der Waals surface area (Å²) in [4.78, 5) is 4.41. The Balaban J connectivity index is 1.77. The van der Waals surface area contributed by atoms with E-state index in [1.165, 1.54) is 0 Å². The van der Waals surface area contributed by atoms with Crippen LogP contribution < -0.4 is 5.32 Å². The van der Waals surface area contributed by atoms with Gasteiger partial charge in [-0.25, -0.2) is 4.52 Å². The SMILES string of the molecule is CC(C)COCCCNc1nc2c(Br)cccn2n1. The van der Waals surface area contributed by atoms with Gasteiger partial charge < -0.3 is 10.1 Å². The fourth-order valence-corrected chi connectivity index (χ4v) is 2.06. The van der Waals surface area contributed by atoms with Crippen molar-refractivity contribution in [3.63, 3.8) is 0 Å². The molecule has 1 N–H and O–H groups in total. The molecule has 0 aliphatic carbocycles. The summed E-state index contributed by atoms with van der Waals surface area (Å²) in [7, 11) is 0. The molecule has 0 radical (unpaired) electrons. The first-order valence-electron chi connectivity index (χ1n) is 6.49. The molecular weight excluding hydrogens is 308 g/mol. The van der Waals surface area contributed by atoms with Gasteiger partial charge in [-0.05, 0) is 40.4 Å². The number of ether oxygens (including phenoxy) is 1. The van der Waals surface area contributed by atoms with E-state index in [9.17, 15) is 0 Å². The highest BCUT2D eigenvalue weighted by Crippen LogP contribution is 2.16.